The van der Waals surface area contributed by atoms with E-state index in [-0.39, 0.29) is 11.7 Å². The molecule has 2 aromatic heterocycles. The molecule has 8 heteroatoms. The molecule has 1 aromatic carbocycles. The van der Waals surface area contributed by atoms with Gasteiger partial charge in [0.2, 0.25) is 0 Å². The lowest BCUT2D eigenvalue weighted by atomic mass is 9.99. The molecule has 0 spiro atoms. The van der Waals surface area contributed by atoms with E-state index in [1.807, 2.05) is 31.2 Å². The standard InChI is InChI=1S/C21H22BrN3O4/c1-3-28-10-4-9-23-21(27)17-11-15(12-24-17)20(26)18-13(2)29-25-19(18)14-5-7-16(22)8-6-14/h5-8,11-12,24H,3-4,9-10H2,1-2H3,(H,23,27). The highest BCUT2D eigenvalue weighted by molar-refractivity contribution is 9.10. The van der Waals surface area contributed by atoms with Crippen molar-refractivity contribution in [1.29, 1.82) is 0 Å². The van der Waals surface area contributed by atoms with E-state index in [9.17, 15) is 9.59 Å². The fourth-order valence-electron chi connectivity index (χ4n) is 2.86. The van der Waals surface area contributed by atoms with Crippen LogP contribution in [0.2, 0.25) is 0 Å². The Labute approximate surface area is 176 Å². The van der Waals surface area contributed by atoms with Crippen LogP contribution >= 0.6 is 15.9 Å². The van der Waals surface area contributed by atoms with Crippen LogP contribution < -0.4 is 5.32 Å². The zero-order chi connectivity index (χ0) is 20.8. The first-order chi connectivity index (χ1) is 14.0. The molecule has 7 nitrogen and oxygen atoms in total. The van der Waals surface area contributed by atoms with Crippen molar-refractivity contribution in [3.63, 3.8) is 0 Å². The molecule has 0 fully saturated rings. The average Bonchev–Trinajstić information content (AvgIpc) is 3.35. The van der Waals surface area contributed by atoms with Crippen molar-refractivity contribution in [3.8, 4) is 11.3 Å². The maximum atomic E-state index is 13.1. The number of aromatic nitrogens is 2. The smallest absolute Gasteiger partial charge is 0.267 e. The second-order valence-electron chi connectivity index (χ2n) is 6.41. The Morgan fingerprint density at radius 1 is 1.28 bits per heavy atom. The zero-order valence-electron chi connectivity index (χ0n) is 16.3. The fourth-order valence-corrected chi connectivity index (χ4v) is 3.13. The summed E-state index contributed by atoms with van der Waals surface area (Å²) < 4.78 is 11.4. The molecule has 2 N–H and O–H groups in total. The van der Waals surface area contributed by atoms with Gasteiger partial charge in [0.1, 0.15) is 17.1 Å². The van der Waals surface area contributed by atoms with Crippen molar-refractivity contribution in [2.45, 2.75) is 20.3 Å². The number of nitrogens with one attached hydrogen (secondary N) is 2. The SMILES string of the molecule is CCOCCCNC(=O)c1cc(C(=O)c2c(-c3ccc(Br)cc3)noc2C)c[nH]1. The van der Waals surface area contributed by atoms with Gasteiger partial charge in [-0.1, -0.05) is 33.2 Å². The van der Waals surface area contributed by atoms with E-state index in [1.54, 1.807) is 6.92 Å². The van der Waals surface area contributed by atoms with Gasteiger partial charge in [-0.3, -0.25) is 9.59 Å². The topological polar surface area (TPSA) is 97.2 Å². The normalized spacial score (nSPS) is 10.9. The second-order valence-corrected chi connectivity index (χ2v) is 7.32. The van der Waals surface area contributed by atoms with Crippen molar-refractivity contribution >= 4 is 27.6 Å². The number of aryl methyl sites for hydroxylation is 1. The Kier molecular flexibility index (Phi) is 7.00. The van der Waals surface area contributed by atoms with Gasteiger partial charge >= 0.3 is 0 Å². The highest BCUT2D eigenvalue weighted by Crippen LogP contribution is 2.28. The largest absolute Gasteiger partial charge is 0.382 e. The van der Waals surface area contributed by atoms with Gasteiger partial charge in [0, 0.05) is 41.6 Å². The molecule has 0 atom stereocenters. The summed E-state index contributed by atoms with van der Waals surface area (Å²) in [6, 6.07) is 9.00. The first-order valence-corrected chi connectivity index (χ1v) is 10.1. The number of aromatic amines is 1. The van der Waals surface area contributed by atoms with Gasteiger partial charge < -0.3 is 19.6 Å². The van der Waals surface area contributed by atoms with E-state index in [0.717, 1.165) is 16.5 Å². The second kappa shape index (κ2) is 9.67. The van der Waals surface area contributed by atoms with Crippen molar-refractivity contribution in [3.05, 3.63) is 63.6 Å². The molecule has 0 aliphatic rings. The summed E-state index contributed by atoms with van der Waals surface area (Å²) in [5, 5.41) is 6.86. The average molecular weight is 460 g/mol. The molecular weight excluding hydrogens is 438 g/mol. The van der Waals surface area contributed by atoms with Crippen LogP contribution in [0.3, 0.4) is 0 Å². The number of benzene rings is 1. The van der Waals surface area contributed by atoms with Crippen LogP contribution in [0.1, 0.15) is 45.5 Å². The lowest BCUT2D eigenvalue weighted by Gasteiger charge is -2.03. The molecule has 0 aliphatic heterocycles. The molecule has 0 radical (unpaired) electrons. The highest BCUT2D eigenvalue weighted by Gasteiger charge is 2.24. The summed E-state index contributed by atoms with van der Waals surface area (Å²) in [4.78, 5) is 28.2. The molecule has 1 amide bonds. The number of amides is 1. The third-order valence-electron chi connectivity index (χ3n) is 4.35. The Hall–Kier alpha value is -2.71. The first-order valence-electron chi connectivity index (χ1n) is 9.32. The van der Waals surface area contributed by atoms with Gasteiger partial charge in [-0.05, 0) is 38.5 Å². The number of rotatable bonds is 9. The monoisotopic (exact) mass is 459 g/mol. The number of nitrogens with zero attached hydrogens (tertiary/aromatic N) is 1. The maximum absolute atomic E-state index is 13.1. The maximum Gasteiger partial charge on any atom is 0.267 e. The Balaban J connectivity index is 1.74. The van der Waals surface area contributed by atoms with E-state index in [0.29, 0.717) is 48.0 Å². The summed E-state index contributed by atoms with van der Waals surface area (Å²) in [5.74, 6) is -0.0971. The van der Waals surface area contributed by atoms with E-state index in [4.69, 9.17) is 9.26 Å². The molecule has 2 heterocycles. The molecule has 0 bridgehead atoms. The number of halogens is 1. The molecule has 0 aliphatic carbocycles. The zero-order valence-corrected chi connectivity index (χ0v) is 17.8. The van der Waals surface area contributed by atoms with Gasteiger partial charge in [0.15, 0.2) is 5.78 Å². The third-order valence-corrected chi connectivity index (χ3v) is 4.88. The molecule has 0 unspecified atom stereocenters. The van der Waals surface area contributed by atoms with Crippen LogP contribution in [0.15, 0.2) is 45.5 Å². The van der Waals surface area contributed by atoms with Gasteiger partial charge in [0.25, 0.3) is 5.91 Å². The molecule has 3 aromatic rings. The molecule has 0 saturated carbocycles. The third kappa shape index (κ3) is 5.02. The minimum atomic E-state index is -0.268. The fraction of sp³-hybridized carbons (Fsp3) is 0.286. The predicted octanol–water partition coefficient (Wildman–Crippen LogP) is 4.13. The van der Waals surface area contributed by atoms with Gasteiger partial charge in [0.05, 0.1) is 5.56 Å². The molecule has 152 valence electrons. The van der Waals surface area contributed by atoms with E-state index >= 15 is 0 Å². The summed E-state index contributed by atoms with van der Waals surface area (Å²) in [5.41, 5.74) is 2.33. The van der Waals surface area contributed by atoms with E-state index < -0.39 is 0 Å². The van der Waals surface area contributed by atoms with Crippen molar-refractivity contribution < 1.29 is 18.8 Å². The lowest BCUT2D eigenvalue weighted by Crippen LogP contribution is -2.25. The minimum absolute atomic E-state index is 0.256. The van der Waals surface area contributed by atoms with Crippen LogP contribution in [-0.2, 0) is 4.74 Å². The minimum Gasteiger partial charge on any atom is -0.382 e. The summed E-state index contributed by atoms with van der Waals surface area (Å²) in [6.07, 6.45) is 2.25. The van der Waals surface area contributed by atoms with Crippen LogP contribution in [-0.4, -0.2) is 41.6 Å². The predicted molar refractivity (Wildman–Crippen MR) is 112 cm³/mol. The van der Waals surface area contributed by atoms with Crippen LogP contribution in [0.5, 0.6) is 0 Å². The lowest BCUT2D eigenvalue weighted by molar-refractivity contribution is 0.0939. The molecule has 3 rings (SSSR count). The van der Waals surface area contributed by atoms with Crippen molar-refractivity contribution in [2.75, 3.05) is 19.8 Å². The van der Waals surface area contributed by atoms with Gasteiger partial charge in [-0.15, -0.1) is 0 Å². The number of H-pyrrole nitrogens is 1. The molecule has 0 saturated heterocycles. The van der Waals surface area contributed by atoms with Gasteiger partial charge in [-0.25, -0.2) is 0 Å². The Morgan fingerprint density at radius 3 is 2.76 bits per heavy atom. The van der Waals surface area contributed by atoms with Crippen molar-refractivity contribution in [2.24, 2.45) is 0 Å². The van der Waals surface area contributed by atoms with Crippen LogP contribution in [0.25, 0.3) is 11.3 Å². The van der Waals surface area contributed by atoms with Crippen molar-refractivity contribution in [1.82, 2.24) is 15.5 Å². The number of ether oxygens (including phenoxy) is 1. The number of hydrogen-bond donors (Lipinski definition) is 2. The number of carbonyl (C=O) groups is 2. The Morgan fingerprint density at radius 2 is 2.03 bits per heavy atom. The quantitative estimate of drug-likeness (QED) is 0.370. The Bertz CT molecular complexity index is 992. The van der Waals surface area contributed by atoms with Crippen LogP contribution in [0, 0.1) is 6.92 Å². The molecular formula is C21H22BrN3O4. The molecule has 29 heavy (non-hydrogen) atoms. The summed E-state index contributed by atoms with van der Waals surface area (Å²) >= 11 is 3.39. The summed E-state index contributed by atoms with van der Waals surface area (Å²) in [6.45, 7) is 5.37. The highest BCUT2D eigenvalue weighted by atomic mass is 79.9. The van der Waals surface area contributed by atoms with E-state index in [1.165, 1.54) is 12.3 Å². The number of hydrogen-bond acceptors (Lipinski definition) is 5. The van der Waals surface area contributed by atoms with Crippen LogP contribution in [0.4, 0.5) is 0 Å². The summed E-state index contributed by atoms with van der Waals surface area (Å²) in [7, 11) is 0. The van der Waals surface area contributed by atoms with E-state index in [2.05, 4.69) is 31.4 Å². The number of ketones is 1. The number of carbonyl (C=O) groups excluding carboxylic acids is 2. The first kappa shape index (κ1) is 21.0. The van der Waals surface area contributed by atoms with Gasteiger partial charge in [-0.2, -0.15) is 0 Å².